The van der Waals surface area contributed by atoms with Gasteiger partial charge < -0.3 is 10.2 Å². The van der Waals surface area contributed by atoms with Gasteiger partial charge in [-0.25, -0.2) is 4.79 Å². The van der Waals surface area contributed by atoms with Gasteiger partial charge in [0, 0.05) is 4.47 Å². The fraction of sp³-hybridized carbons (Fsp3) is 0.429. The van der Waals surface area contributed by atoms with Crippen molar-refractivity contribution < 1.29 is 19.8 Å². The molecule has 0 heterocycles. The van der Waals surface area contributed by atoms with Crippen molar-refractivity contribution >= 4 is 27.9 Å². The number of aromatic carboxylic acids is 1. The van der Waals surface area contributed by atoms with Gasteiger partial charge in [-0.15, -0.1) is 0 Å². The highest BCUT2D eigenvalue weighted by Crippen LogP contribution is 2.42. The van der Waals surface area contributed by atoms with E-state index in [0.717, 1.165) is 19.3 Å². The molecule has 0 saturated heterocycles. The van der Waals surface area contributed by atoms with Gasteiger partial charge in [-0.1, -0.05) is 35.2 Å². The van der Waals surface area contributed by atoms with Crippen molar-refractivity contribution in [2.75, 3.05) is 0 Å². The van der Waals surface area contributed by atoms with E-state index in [2.05, 4.69) is 15.9 Å². The summed E-state index contributed by atoms with van der Waals surface area (Å²) >= 11 is 3.30. The summed E-state index contributed by atoms with van der Waals surface area (Å²) in [6, 6.07) is 4.75. The largest absolute Gasteiger partial charge is 0.481 e. The molecule has 1 aliphatic rings. The summed E-state index contributed by atoms with van der Waals surface area (Å²) in [6.45, 7) is 0. The Bertz CT molecular complexity index is 518. The Labute approximate surface area is 119 Å². The summed E-state index contributed by atoms with van der Waals surface area (Å²) < 4.78 is 0.707. The van der Waals surface area contributed by atoms with E-state index in [1.54, 1.807) is 12.1 Å². The SMILES string of the molecule is O=C(O)c1ccc(Br)cc1C1(C(=O)O)CCCCC1. The summed E-state index contributed by atoms with van der Waals surface area (Å²) in [4.78, 5) is 23.1. The van der Waals surface area contributed by atoms with Crippen LogP contribution >= 0.6 is 15.9 Å². The maximum atomic E-state index is 11.8. The van der Waals surface area contributed by atoms with Crippen molar-refractivity contribution in [2.45, 2.75) is 37.5 Å². The van der Waals surface area contributed by atoms with E-state index < -0.39 is 17.4 Å². The molecule has 5 heteroatoms. The summed E-state index contributed by atoms with van der Waals surface area (Å²) in [6.07, 6.45) is 3.64. The molecular weight excluding hydrogens is 312 g/mol. The molecule has 0 aromatic heterocycles. The molecule has 102 valence electrons. The molecule has 1 fully saturated rings. The number of carboxylic acid groups (broad SMARTS) is 2. The first-order valence-corrected chi connectivity index (χ1v) is 7.03. The van der Waals surface area contributed by atoms with Crippen LogP contribution < -0.4 is 0 Å². The number of carboxylic acids is 2. The van der Waals surface area contributed by atoms with Crippen LogP contribution in [0, 0.1) is 0 Å². The first kappa shape index (κ1) is 14.1. The summed E-state index contributed by atoms with van der Waals surface area (Å²) in [7, 11) is 0. The molecule has 0 spiro atoms. The van der Waals surface area contributed by atoms with Crippen molar-refractivity contribution in [1.82, 2.24) is 0 Å². The van der Waals surface area contributed by atoms with Crippen molar-refractivity contribution in [1.29, 1.82) is 0 Å². The quantitative estimate of drug-likeness (QED) is 0.892. The van der Waals surface area contributed by atoms with E-state index in [1.807, 2.05) is 0 Å². The Morgan fingerprint density at radius 2 is 1.74 bits per heavy atom. The third kappa shape index (κ3) is 2.52. The molecule has 1 aromatic rings. The molecule has 0 bridgehead atoms. The number of rotatable bonds is 3. The predicted molar refractivity (Wildman–Crippen MR) is 73.5 cm³/mol. The lowest BCUT2D eigenvalue weighted by Crippen LogP contribution is -2.39. The summed E-state index contributed by atoms with van der Waals surface area (Å²) in [5.41, 5.74) is -0.551. The molecule has 19 heavy (non-hydrogen) atoms. The third-order valence-electron chi connectivity index (χ3n) is 3.84. The summed E-state index contributed by atoms with van der Waals surface area (Å²) in [5, 5.41) is 18.9. The Hall–Kier alpha value is -1.36. The highest BCUT2D eigenvalue weighted by atomic mass is 79.9. The first-order chi connectivity index (χ1) is 8.97. The van der Waals surface area contributed by atoms with Gasteiger partial charge >= 0.3 is 11.9 Å². The monoisotopic (exact) mass is 326 g/mol. The second-order valence-corrected chi connectivity index (χ2v) is 5.86. The van der Waals surface area contributed by atoms with Crippen molar-refractivity contribution in [3.05, 3.63) is 33.8 Å². The van der Waals surface area contributed by atoms with Crippen LogP contribution in [0.4, 0.5) is 0 Å². The van der Waals surface area contributed by atoms with E-state index in [0.29, 0.717) is 22.9 Å². The van der Waals surface area contributed by atoms with Gasteiger partial charge in [0.2, 0.25) is 0 Å². The zero-order chi connectivity index (χ0) is 14.0. The molecule has 1 aromatic carbocycles. The average Bonchev–Trinajstić information content (AvgIpc) is 2.38. The van der Waals surface area contributed by atoms with E-state index in [9.17, 15) is 19.8 Å². The van der Waals surface area contributed by atoms with Crippen LogP contribution in [-0.2, 0) is 10.2 Å². The number of halogens is 1. The number of carbonyl (C=O) groups is 2. The molecule has 0 unspecified atom stereocenters. The molecule has 1 aliphatic carbocycles. The highest BCUT2D eigenvalue weighted by molar-refractivity contribution is 9.10. The van der Waals surface area contributed by atoms with Crippen molar-refractivity contribution in [3.63, 3.8) is 0 Å². The molecule has 2 N–H and O–H groups in total. The molecule has 2 rings (SSSR count). The minimum absolute atomic E-state index is 0.0903. The second-order valence-electron chi connectivity index (χ2n) is 4.94. The Kier molecular flexibility index (Phi) is 3.94. The molecule has 0 atom stereocenters. The van der Waals surface area contributed by atoms with E-state index in [-0.39, 0.29) is 5.56 Å². The molecule has 4 nitrogen and oxygen atoms in total. The van der Waals surface area contributed by atoms with Crippen LogP contribution in [0.25, 0.3) is 0 Å². The minimum atomic E-state index is -1.08. The fourth-order valence-electron chi connectivity index (χ4n) is 2.85. The second kappa shape index (κ2) is 5.33. The van der Waals surface area contributed by atoms with Crippen LogP contribution in [0.3, 0.4) is 0 Å². The smallest absolute Gasteiger partial charge is 0.336 e. The Morgan fingerprint density at radius 1 is 1.11 bits per heavy atom. The molecule has 0 amide bonds. The van der Waals surface area contributed by atoms with Gasteiger partial charge in [-0.05, 0) is 36.6 Å². The Balaban J connectivity index is 2.62. The number of hydrogen-bond donors (Lipinski definition) is 2. The third-order valence-corrected chi connectivity index (χ3v) is 4.34. The lowest BCUT2D eigenvalue weighted by atomic mass is 9.68. The standard InChI is InChI=1S/C14H15BrO4/c15-9-4-5-10(12(16)17)11(8-9)14(13(18)19)6-2-1-3-7-14/h4-5,8H,1-3,6-7H2,(H,16,17)(H,18,19). The lowest BCUT2D eigenvalue weighted by Gasteiger charge is -2.34. The fourth-order valence-corrected chi connectivity index (χ4v) is 3.21. The molecular formula is C14H15BrO4. The first-order valence-electron chi connectivity index (χ1n) is 6.24. The molecule has 0 aliphatic heterocycles. The number of aliphatic carboxylic acids is 1. The average molecular weight is 327 g/mol. The van der Waals surface area contributed by atoms with Gasteiger partial charge in [0.15, 0.2) is 0 Å². The normalized spacial score (nSPS) is 17.9. The maximum Gasteiger partial charge on any atom is 0.336 e. The van der Waals surface area contributed by atoms with E-state index >= 15 is 0 Å². The van der Waals surface area contributed by atoms with Gasteiger partial charge in [-0.2, -0.15) is 0 Å². The Morgan fingerprint density at radius 3 is 2.26 bits per heavy atom. The van der Waals surface area contributed by atoms with Gasteiger partial charge in [0.1, 0.15) is 0 Å². The van der Waals surface area contributed by atoms with Gasteiger partial charge in [0.05, 0.1) is 11.0 Å². The highest BCUT2D eigenvalue weighted by Gasteiger charge is 2.43. The zero-order valence-corrected chi connectivity index (χ0v) is 11.9. The number of hydrogen-bond acceptors (Lipinski definition) is 2. The van der Waals surface area contributed by atoms with Gasteiger partial charge in [-0.3, -0.25) is 4.79 Å². The minimum Gasteiger partial charge on any atom is -0.481 e. The van der Waals surface area contributed by atoms with E-state index in [4.69, 9.17) is 0 Å². The van der Waals surface area contributed by atoms with Crippen molar-refractivity contribution in [3.8, 4) is 0 Å². The maximum absolute atomic E-state index is 11.8. The summed E-state index contributed by atoms with van der Waals surface area (Å²) in [5.74, 6) is -2.00. The van der Waals surface area contributed by atoms with Crippen LogP contribution in [0.2, 0.25) is 0 Å². The van der Waals surface area contributed by atoms with Crippen LogP contribution in [-0.4, -0.2) is 22.2 Å². The zero-order valence-electron chi connectivity index (χ0n) is 10.4. The van der Waals surface area contributed by atoms with Crippen LogP contribution in [0.15, 0.2) is 22.7 Å². The number of benzene rings is 1. The molecule has 0 radical (unpaired) electrons. The predicted octanol–water partition coefficient (Wildman–Crippen LogP) is 3.43. The van der Waals surface area contributed by atoms with Crippen LogP contribution in [0.5, 0.6) is 0 Å². The topological polar surface area (TPSA) is 74.6 Å². The lowest BCUT2D eigenvalue weighted by molar-refractivity contribution is -0.145. The molecule has 1 saturated carbocycles. The van der Waals surface area contributed by atoms with Gasteiger partial charge in [0.25, 0.3) is 0 Å². The van der Waals surface area contributed by atoms with Crippen LogP contribution in [0.1, 0.15) is 48.0 Å². The van der Waals surface area contributed by atoms with Crippen molar-refractivity contribution in [2.24, 2.45) is 0 Å². The van der Waals surface area contributed by atoms with E-state index in [1.165, 1.54) is 6.07 Å².